The Bertz CT molecular complexity index is 528. The van der Waals surface area contributed by atoms with E-state index in [4.69, 9.17) is 16.3 Å². The Hall–Kier alpha value is -1.71. The second kappa shape index (κ2) is 6.45. The van der Waals surface area contributed by atoms with Gasteiger partial charge in [-0.3, -0.25) is 0 Å². The molecule has 4 heteroatoms. The summed E-state index contributed by atoms with van der Waals surface area (Å²) in [5, 5.41) is 13.5. The van der Waals surface area contributed by atoms with Crippen molar-refractivity contribution in [2.45, 2.75) is 6.04 Å². The summed E-state index contributed by atoms with van der Waals surface area (Å²) >= 11 is 5.86. The van der Waals surface area contributed by atoms with Crippen molar-refractivity contribution in [3.8, 4) is 5.75 Å². The van der Waals surface area contributed by atoms with Crippen LogP contribution >= 0.6 is 11.6 Å². The van der Waals surface area contributed by atoms with Crippen LogP contribution in [0, 0.1) is 0 Å². The molecule has 0 amide bonds. The van der Waals surface area contributed by atoms with Crippen LogP contribution in [0.25, 0.3) is 0 Å². The quantitative estimate of drug-likeness (QED) is 0.879. The smallest absolute Gasteiger partial charge is 0.120 e. The molecule has 2 aromatic carbocycles. The number of aliphatic hydroxyl groups excluding tert-OH is 1. The number of benzene rings is 2. The van der Waals surface area contributed by atoms with Gasteiger partial charge in [-0.05, 0) is 29.8 Å². The number of hydrogen-bond donors (Lipinski definition) is 2. The lowest BCUT2D eigenvalue weighted by Crippen LogP contribution is -2.14. The van der Waals surface area contributed by atoms with E-state index in [1.807, 2.05) is 48.5 Å². The average molecular weight is 278 g/mol. The van der Waals surface area contributed by atoms with Crippen molar-refractivity contribution in [3.05, 3.63) is 59.1 Å². The number of halogens is 1. The van der Waals surface area contributed by atoms with Gasteiger partial charge < -0.3 is 15.2 Å². The van der Waals surface area contributed by atoms with Gasteiger partial charge in [0.2, 0.25) is 0 Å². The van der Waals surface area contributed by atoms with Gasteiger partial charge in [-0.1, -0.05) is 29.8 Å². The van der Waals surface area contributed by atoms with E-state index in [9.17, 15) is 5.11 Å². The van der Waals surface area contributed by atoms with Gasteiger partial charge in [0, 0.05) is 16.8 Å². The van der Waals surface area contributed by atoms with Crippen molar-refractivity contribution in [1.29, 1.82) is 0 Å². The van der Waals surface area contributed by atoms with Crippen LogP contribution in [0.5, 0.6) is 5.75 Å². The van der Waals surface area contributed by atoms with Crippen LogP contribution in [0.2, 0.25) is 5.02 Å². The number of aliphatic hydroxyl groups is 1. The van der Waals surface area contributed by atoms with Crippen LogP contribution < -0.4 is 10.1 Å². The molecular formula is C15H16ClNO2. The molecule has 1 unspecified atom stereocenters. The molecule has 100 valence electrons. The number of rotatable bonds is 5. The lowest BCUT2D eigenvalue weighted by atomic mass is 10.1. The largest absolute Gasteiger partial charge is 0.497 e. The summed E-state index contributed by atoms with van der Waals surface area (Å²) in [5.74, 6) is 0.776. The van der Waals surface area contributed by atoms with Crippen LogP contribution in [0.3, 0.4) is 0 Å². The SMILES string of the molecule is COc1cccc(NC(CO)c2ccc(Cl)cc2)c1. The molecular weight excluding hydrogens is 262 g/mol. The molecule has 0 heterocycles. The van der Waals surface area contributed by atoms with E-state index in [2.05, 4.69) is 5.32 Å². The second-order valence-electron chi connectivity index (χ2n) is 4.16. The van der Waals surface area contributed by atoms with Crippen LogP contribution in [0.4, 0.5) is 5.69 Å². The van der Waals surface area contributed by atoms with Gasteiger partial charge in [0.25, 0.3) is 0 Å². The predicted octanol–water partition coefficient (Wildman–Crippen LogP) is 3.49. The number of ether oxygens (including phenoxy) is 1. The number of anilines is 1. The van der Waals surface area contributed by atoms with Gasteiger partial charge in [-0.25, -0.2) is 0 Å². The summed E-state index contributed by atoms with van der Waals surface area (Å²) < 4.78 is 5.17. The van der Waals surface area contributed by atoms with Gasteiger partial charge in [0.15, 0.2) is 0 Å². The van der Waals surface area contributed by atoms with E-state index < -0.39 is 0 Å². The fourth-order valence-electron chi connectivity index (χ4n) is 1.84. The van der Waals surface area contributed by atoms with E-state index in [1.54, 1.807) is 7.11 Å². The van der Waals surface area contributed by atoms with Gasteiger partial charge in [-0.2, -0.15) is 0 Å². The maximum atomic E-state index is 9.51. The Morgan fingerprint density at radius 1 is 1.21 bits per heavy atom. The first-order valence-corrected chi connectivity index (χ1v) is 6.37. The summed E-state index contributed by atoms with van der Waals surface area (Å²) in [6.07, 6.45) is 0. The molecule has 2 aromatic rings. The van der Waals surface area contributed by atoms with E-state index in [0.29, 0.717) is 5.02 Å². The van der Waals surface area contributed by atoms with E-state index in [1.165, 1.54) is 0 Å². The molecule has 0 aliphatic carbocycles. The van der Waals surface area contributed by atoms with Crippen molar-refractivity contribution in [1.82, 2.24) is 0 Å². The summed E-state index contributed by atoms with van der Waals surface area (Å²) in [7, 11) is 1.63. The Labute approximate surface area is 117 Å². The fraction of sp³-hybridized carbons (Fsp3) is 0.200. The molecule has 3 nitrogen and oxygen atoms in total. The highest BCUT2D eigenvalue weighted by molar-refractivity contribution is 6.30. The van der Waals surface area contributed by atoms with Crippen LogP contribution in [-0.2, 0) is 0 Å². The molecule has 0 spiro atoms. The fourth-order valence-corrected chi connectivity index (χ4v) is 1.97. The van der Waals surface area contributed by atoms with Crippen molar-refractivity contribution in [3.63, 3.8) is 0 Å². The molecule has 0 saturated heterocycles. The topological polar surface area (TPSA) is 41.5 Å². The standard InChI is InChI=1S/C15H16ClNO2/c1-19-14-4-2-3-13(9-14)17-15(10-18)11-5-7-12(16)8-6-11/h2-9,15,17-18H,10H2,1H3. The maximum Gasteiger partial charge on any atom is 0.120 e. The first-order valence-electron chi connectivity index (χ1n) is 6.00. The highest BCUT2D eigenvalue weighted by atomic mass is 35.5. The van der Waals surface area contributed by atoms with Crippen LogP contribution in [0.15, 0.2) is 48.5 Å². The molecule has 0 aromatic heterocycles. The third-order valence-corrected chi connectivity index (χ3v) is 3.12. The monoisotopic (exact) mass is 277 g/mol. The highest BCUT2D eigenvalue weighted by Crippen LogP contribution is 2.23. The zero-order valence-electron chi connectivity index (χ0n) is 10.6. The van der Waals surface area contributed by atoms with Crippen LogP contribution in [-0.4, -0.2) is 18.8 Å². The first-order chi connectivity index (χ1) is 9.22. The Balaban J connectivity index is 2.16. The zero-order chi connectivity index (χ0) is 13.7. The first kappa shape index (κ1) is 13.7. The van der Waals surface area contributed by atoms with E-state index in [0.717, 1.165) is 17.0 Å². The van der Waals surface area contributed by atoms with Gasteiger partial charge >= 0.3 is 0 Å². The summed E-state index contributed by atoms with van der Waals surface area (Å²) in [4.78, 5) is 0. The number of methoxy groups -OCH3 is 1. The minimum Gasteiger partial charge on any atom is -0.497 e. The predicted molar refractivity (Wildman–Crippen MR) is 77.9 cm³/mol. The van der Waals surface area contributed by atoms with E-state index >= 15 is 0 Å². The van der Waals surface area contributed by atoms with Crippen molar-refractivity contribution < 1.29 is 9.84 Å². The molecule has 1 atom stereocenters. The molecule has 2 N–H and O–H groups in total. The van der Waals surface area contributed by atoms with Gasteiger partial charge in [0.1, 0.15) is 5.75 Å². The van der Waals surface area contributed by atoms with Gasteiger partial charge in [-0.15, -0.1) is 0 Å². The third-order valence-electron chi connectivity index (χ3n) is 2.87. The number of nitrogens with one attached hydrogen (secondary N) is 1. The van der Waals surface area contributed by atoms with Crippen molar-refractivity contribution in [2.24, 2.45) is 0 Å². The second-order valence-corrected chi connectivity index (χ2v) is 4.60. The molecule has 19 heavy (non-hydrogen) atoms. The summed E-state index contributed by atoms with van der Waals surface area (Å²) in [6, 6.07) is 14.8. The molecule has 0 bridgehead atoms. The minimum atomic E-state index is -0.177. The Morgan fingerprint density at radius 2 is 1.95 bits per heavy atom. The van der Waals surface area contributed by atoms with Crippen molar-refractivity contribution in [2.75, 3.05) is 19.0 Å². The molecule has 0 saturated carbocycles. The van der Waals surface area contributed by atoms with Gasteiger partial charge in [0.05, 0.1) is 19.8 Å². The van der Waals surface area contributed by atoms with Crippen molar-refractivity contribution >= 4 is 17.3 Å². The minimum absolute atomic E-state index is 0.00115. The molecule has 0 fully saturated rings. The van der Waals surface area contributed by atoms with Crippen LogP contribution in [0.1, 0.15) is 11.6 Å². The summed E-state index contributed by atoms with van der Waals surface area (Å²) in [5.41, 5.74) is 1.88. The molecule has 2 rings (SSSR count). The maximum absolute atomic E-state index is 9.51. The molecule has 0 aliphatic heterocycles. The Kier molecular flexibility index (Phi) is 4.66. The Morgan fingerprint density at radius 3 is 2.58 bits per heavy atom. The zero-order valence-corrected chi connectivity index (χ0v) is 11.4. The normalized spacial score (nSPS) is 11.9. The lowest BCUT2D eigenvalue weighted by Gasteiger charge is -2.18. The van der Waals surface area contributed by atoms with E-state index in [-0.39, 0.29) is 12.6 Å². The summed E-state index contributed by atoms with van der Waals surface area (Å²) in [6.45, 7) is -0.00115. The lowest BCUT2D eigenvalue weighted by molar-refractivity contribution is 0.276. The molecule has 0 aliphatic rings. The highest BCUT2D eigenvalue weighted by Gasteiger charge is 2.10. The number of hydrogen-bond acceptors (Lipinski definition) is 3. The average Bonchev–Trinajstić information content (AvgIpc) is 2.46. The third kappa shape index (κ3) is 3.63. The molecule has 0 radical (unpaired) electrons.